The standard InChI is InChI=1S/C11H17N3O5S/c1-2-13-6-10(12-8-13)20(17,18)14-3-4-19-7-9(14)5-11(15)16/h6,8-9H,2-5,7H2,1H3,(H,15,16). The fourth-order valence-electron chi connectivity index (χ4n) is 2.08. The molecule has 1 saturated heterocycles. The van der Waals surface area contributed by atoms with Gasteiger partial charge in [-0.3, -0.25) is 4.79 Å². The number of aromatic nitrogens is 2. The van der Waals surface area contributed by atoms with Gasteiger partial charge in [0.25, 0.3) is 10.0 Å². The van der Waals surface area contributed by atoms with Gasteiger partial charge < -0.3 is 14.4 Å². The number of aryl methyl sites for hydroxylation is 1. The summed E-state index contributed by atoms with van der Waals surface area (Å²) >= 11 is 0. The van der Waals surface area contributed by atoms with Gasteiger partial charge >= 0.3 is 5.97 Å². The maximum absolute atomic E-state index is 12.5. The van der Waals surface area contributed by atoms with Crippen LogP contribution in [0.3, 0.4) is 0 Å². The number of hydrogen-bond acceptors (Lipinski definition) is 5. The summed E-state index contributed by atoms with van der Waals surface area (Å²) in [7, 11) is -3.79. The first kappa shape index (κ1) is 14.9. The van der Waals surface area contributed by atoms with E-state index in [1.165, 1.54) is 16.8 Å². The molecule has 1 aromatic rings. The first-order chi connectivity index (χ1) is 9.45. The molecular weight excluding hydrogens is 286 g/mol. The van der Waals surface area contributed by atoms with E-state index < -0.39 is 22.0 Å². The number of rotatable bonds is 5. The van der Waals surface area contributed by atoms with Crippen LogP contribution in [-0.2, 0) is 26.1 Å². The second-order valence-corrected chi connectivity index (χ2v) is 6.32. The van der Waals surface area contributed by atoms with Crippen molar-refractivity contribution in [1.29, 1.82) is 0 Å². The molecular formula is C11H17N3O5S. The lowest BCUT2D eigenvalue weighted by atomic mass is 10.2. The summed E-state index contributed by atoms with van der Waals surface area (Å²) < 4.78 is 33.0. The van der Waals surface area contributed by atoms with Crippen molar-refractivity contribution >= 4 is 16.0 Å². The molecule has 0 bridgehead atoms. The average molecular weight is 303 g/mol. The molecule has 9 heteroatoms. The second kappa shape index (κ2) is 5.90. The van der Waals surface area contributed by atoms with Crippen LogP contribution in [0.1, 0.15) is 13.3 Å². The Morgan fingerprint density at radius 1 is 1.60 bits per heavy atom. The molecule has 8 nitrogen and oxygen atoms in total. The molecule has 0 radical (unpaired) electrons. The van der Waals surface area contributed by atoms with E-state index in [2.05, 4.69) is 4.98 Å². The van der Waals surface area contributed by atoms with E-state index in [-0.39, 0.29) is 31.2 Å². The van der Waals surface area contributed by atoms with Gasteiger partial charge in [0, 0.05) is 19.3 Å². The van der Waals surface area contributed by atoms with Crippen LogP contribution in [0.25, 0.3) is 0 Å². The van der Waals surface area contributed by atoms with Crippen LogP contribution in [0.2, 0.25) is 0 Å². The highest BCUT2D eigenvalue weighted by atomic mass is 32.2. The van der Waals surface area contributed by atoms with E-state index in [1.54, 1.807) is 4.57 Å². The Morgan fingerprint density at radius 3 is 2.95 bits per heavy atom. The summed E-state index contributed by atoms with van der Waals surface area (Å²) in [5.41, 5.74) is 0. The number of carboxylic acid groups (broad SMARTS) is 1. The zero-order valence-corrected chi connectivity index (χ0v) is 11.9. The van der Waals surface area contributed by atoms with E-state index in [1.807, 2.05) is 6.92 Å². The van der Waals surface area contributed by atoms with Crippen LogP contribution in [0.4, 0.5) is 0 Å². The quantitative estimate of drug-likeness (QED) is 0.806. The molecule has 1 atom stereocenters. The van der Waals surface area contributed by atoms with Gasteiger partial charge in [0.1, 0.15) is 0 Å². The number of sulfonamides is 1. The molecule has 1 aliphatic heterocycles. The van der Waals surface area contributed by atoms with Crippen molar-refractivity contribution in [2.24, 2.45) is 0 Å². The van der Waals surface area contributed by atoms with Gasteiger partial charge in [0.05, 0.1) is 32.0 Å². The number of nitrogens with zero attached hydrogens (tertiary/aromatic N) is 3. The van der Waals surface area contributed by atoms with E-state index in [4.69, 9.17) is 9.84 Å². The number of morpholine rings is 1. The van der Waals surface area contributed by atoms with Crippen molar-refractivity contribution in [3.8, 4) is 0 Å². The van der Waals surface area contributed by atoms with E-state index >= 15 is 0 Å². The Balaban J connectivity index is 2.27. The molecule has 112 valence electrons. The van der Waals surface area contributed by atoms with Crippen LogP contribution in [0.15, 0.2) is 17.6 Å². The minimum atomic E-state index is -3.79. The summed E-state index contributed by atoms with van der Waals surface area (Å²) in [6.07, 6.45) is 2.61. The largest absolute Gasteiger partial charge is 0.481 e. The van der Waals surface area contributed by atoms with Gasteiger partial charge in [-0.15, -0.1) is 0 Å². The number of aliphatic carboxylic acids is 1. The Labute approximate surface area is 117 Å². The Kier molecular flexibility index (Phi) is 4.41. The third kappa shape index (κ3) is 3.00. The molecule has 0 saturated carbocycles. The third-order valence-electron chi connectivity index (χ3n) is 3.13. The van der Waals surface area contributed by atoms with Crippen molar-refractivity contribution in [3.05, 3.63) is 12.5 Å². The number of hydrogen-bond donors (Lipinski definition) is 1. The minimum absolute atomic E-state index is 0.0587. The number of imidazole rings is 1. The van der Waals surface area contributed by atoms with Gasteiger partial charge in [-0.05, 0) is 6.92 Å². The van der Waals surface area contributed by atoms with E-state index in [0.717, 1.165) is 0 Å². The number of carboxylic acids is 1. The predicted molar refractivity (Wildman–Crippen MR) is 68.7 cm³/mol. The molecule has 20 heavy (non-hydrogen) atoms. The first-order valence-corrected chi connectivity index (χ1v) is 7.72. The summed E-state index contributed by atoms with van der Waals surface area (Å²) in [4.78, 5) is 14.7. The summed E-state index contributed by atoms with van der Waals surface area (Å²) in [5.74, 6) is -1.06. The van der Waals surface area contributed by atoms with Crippen LogP contribution < -0.4 is 0 Å². The fraction of sp³-hybridized carbons (Fsp3) is 0.636. The highest BCUT2D eigenvalue weighted by Gasteiger charge is 2.36. The zero-order valence-electron chi connectivity index (χ0n) is 11.1. The van der Waals surface area contributed by atoms with Crippen LogP contribution in [-0.4, -0.2) is 59.2 Å². The molecule has 0 aromatic carbocycles. The topological polar surface area (TPSA) is 102 Å². The highest BCUT2D eigenvalue weighted by molar-refractivity contribution is 7.89. The van der Waals surface area contributed by atoms with E-state index in [9.17, 15) is 13.2 Å². The molecule has 0 amide bonds. The molecule has 1 unspecified atom stereocenters. The van der Waals surface area contributed by atoms with Gasteiger partial charge in [-0.2, -0.15) is 4.31 Å². The van der Waals surface area contributed by atoms with E-state index in [0.29, 0.717) is 6.54 Å². The van der Waals surface area contributed by atoms with Crippen molar-refractivity contribution in [2.75, 3.05) is 19.8 Å². The Morgan fingerprint density at radius 2 is 2.35 bits per heavy atom. The van der Waals surface area contributed by atoms with Crippen molar-refractivity contribution in [1.82, 2.24) is 13.9 Å². The molecule has 2 heterocycles. The fourth-order valence-corrected chi connectivity index (χ4v) is 3.62. The predicted octanol–water partition coefficient (Wildman–Crippen LogP) is -0.233. The molecule has 1 fully saturated rings. The smallest absolute Gasteiger partial charge is 0.305 e. The van der Waals surface area contributed by atoms with Crippen LogP contribution in [0, 0.1) is 0 Å². The third-order valence-corrected chi connectivity index (χ3v) is 4.97. The zero-order chi connectivity index (χ0) is 14.8. The maximum atomic E-state index is 12.5. The Bertz CT molecular complexity index is 583. The van der Waals surface area contributed by atoms with Crippen molar-refractivity contribution < 1.29 is 23.1 Å². The molecule has 1 N–H and O–H groups in total. The average Bonchev–Trinajstić information content (AvgIpc) is 2.88. The Hall–Kier alpha value is -1.45. The number of carbonyl (C=O) groups is 1. The normalized spacial score (nSPS) is 20.9. The lowest BCUT2D eigenvalue weighted by molar-refractivity contribution is -0.139. The SMILES string of the molecule is CCn1cnc(S(=O)(=O)N2CCOCC2CC(=O)O)c1. The highest BCUT2D eigenvalue weighted by Crippen LogP contribution is 2.21. The summed E-state index contributed by atoms with van der Waals surface area (Å²) in [5, 5.41) is 8.81. The second-order valence-electron chi connectivity index (χ2n) is 4.48. The first-order valence-electron chi connectivity index (χ1n) is 6.28. The van der Waals surface area contributed by atoms with Crippen LogP contribution in [0.5, 0.6) is 0 Å². The van der Waals surface area contributed by atoms with Crippen molar-refractivity contribution in [3.63, 3.8) is 0 Å². The van der Waals surface area contributed by atoms with Crippen LogP contribution >= 0.6 is 0 Å². The molecule has 1 aliphatic rings. The maximum Gasteiger partial charge on any atom is 0.305 e. The lowest BCUT2D eigenvalue weighted by Gasteiger charge is -2.33. The van der Waals surface area contributed by atoms with Gasteiger partial charge in [0.15, 0.2) is 5.03 Å². The number of ether oxygens (including phenoxy) is 1. The van der Waals surface area contributed by atoms with Gasteiger partial charge in [0.2, 0.25) is 0 Å². The molecule has 2 rings (SSSR count). The monoisotopic (exact) mass is 303 g/mol. The summed E-state index contributed by atoms with van der Waals surface area (Å²) in [6.45, 7) is 2.97. The summed E-state index contributed by atoms with van der Waals surface area (Å²) in [6, 6.07) is -0.696. The lowest BCUT2D eigenvalue weighted by Crippen LogP contribution is -2.49. The van der Waals surface area contributed by atoms with Gasteiger partial charge in [-0.1, -0.05) is 0 Å². The molecule has 0 aliphatic carbocycles. The molecule has 0 spiro atoms. The van der Waals surface area contributed by atoms with Gasteiger partial charge in [-0.25, -0.2) is 13.4 Å². The molecule has 1 aromatic heterocycles. The minimum Gasteiger partial charge on any atom is -0.481 e. The van der Waals surface area contributed by atoms with Crippen molar-refractivity contribution in [2.45, 2.75) is 31.0 Å².